The highest BCUT2D eigenvalue weighted by molar-refractivity contribution is 6.29. The van der Waals surface area contributed by atoms with Crippen molar-refractivity contribution in [1.82, 2.24) is 20.1 Å². The molecule has 8 heteroatoms. The molecule has 20 heavy (non-hydrogen) atoms. The maximum absolute atomic E-state index is 12.0. The highest BCUT2D eigenvalue weighted by Gasteiger charge is 2.24. The van der Waals surface area contributed by atoms with Crippen LogP contribution in [0.1, 0.15) is 22.0 Å². The Bertz CT molecular complexity index is 638. The van der Waals surface area contributed by atoms with Gasteiger partial charge in [0, 0.05) is 25.0 Å². The Morgan fingerprint density at radius 3 is 2.65 bits per heavy atom. The molecule has 2 aromatic rings. The Labute approximate surface area is 119 Å². The van der Waals surface area contributed by atoms with E-state index in [1.165, 1.54) is 35.4 Å². The van der Waals surface area contributed by atoms with Crippen LogP contribution in [0.25, 0.3) is 0 Å². The average Bonchev–Trinajstić information content (AvgIpc) is 2.82. The van der Waals surface area contributed by atoms with Crippen LogP contribution >= 0.6 is 11.6 Å². The van der Waals surface area contributed by atoms with Crippen molar-refractivity contribution in [2.24, 2.45) is 7.05 Å². The fraction of sp³-hybridized carbons (Fsp3) is 0.167. The summed E-state index contributed by atoms with van der Waals surface area (Å²) in [6.07, 6.45) is 4.19. The van der Waals surface area contributed by atoms with Gasteiger partial charge in [0.05, 0.1) is 11.8 Å². The van der Waals surface area contributed by atoms with Gasteiger partial charge in [0.15, 0.2) is 6.04 Å². The van der Waals surface area contributed by atoms with Gasteiger partial charge in [-0.1, -0.05) is 11.6 Å². The number of halogens is 1. The molecule has 0 saturated heterocycles. The molecule has 104 valence electrons. The predicted molar refractivity (Wildman–Crippen MR) is 70.3 cm³/mol. The van der Waals surface area contributed by atoms with Crippen LogP contribution in [0.3, 0.4) is 0 Å². The first-order valence-electron chi connectivity index (χ1n) is 5.61. The third-order valence-corrected chi connectivity index (χ3v) is 2.79. The Hall–Kier alpha value is -2.41. The number of aromatic nitrogens is 3. The second-order valence-corrected chi connectivity index (χ2v) is 4.45. The average molecular weight is 295 g/mol. The van der Waals surface area contributed by atoms with E-state index in [1.807, 2.05) is 0 Å². The molecule has 0 radical (unpaired) electrons. The topological polar surface area (TPSA) is 97.1 Å². The van der Waals surface area contributed by atoms with Crippen LogP contribution in [0.15, 0.2) is 30.7 Å². The minimum atomic E-state index is -1.17. The van der Waals surface area contributed by atoms with Crippen molar-refractivity contribution >= 4 is 23.5 Å². The normalized spacial score (nSPS) is 11.9. The highest BCUT2D eigenvalue weighted by Crippen LogP contribution is 2.13. The van der Waals surface area contributed by atoms with Crippen molar-refractivity contribution in [3.05, 3.63) is 47.0 Å². The number of carboxylic acid groups (broad SMARTS) is 1. The van der Waals surface area contributed by atoms with Crippen LogP contribution in [0.2, 0.25) is 5.15 Å². The fourth-order valence-electron chi connectivity index (χ4n) is 1.60. The standard InChI is InChI=1S/C12H11ClN4O3/c1-17-6-8(5-15-17)10(12(19)20)16-11(18)7-2-3-9(13)14-4-7/h2-6,10H,1H3,(H,16,18)(H,19,20). The maximum Gasteiger partial charge on any atom is 0.331 e. The van der Waals surface area contributed by atoms with Gasteiger partial charge in [-0.3, -0.25) is 9.48 Å². The van der Waals surface area contributed by atoms with E-state index in [0.717, 1.165) is 0 Å². The summed E-state index contributed by atoms with van der Waals surface area (Å²) in [5.41, 5.74) is 0.611. The number of aliphatic carboxylic acids is 1. The van der Waals surface area contributed by atoms with Crippen molar-refractivity contribution in [2.75, 3.05) is 0 Å². The molecule has 2 rings (SSSR count). The summed E-state index contributed by atoms with van der Waals surface area (Å²) in [7, 11) is 1.66. The largest absolute Gasteiger partial charge is 0.479 e. The van der Waals surface area contributed by atoms with Crippen molar-refractivity contribution < 1.29 is 14.7 Å². The molecule has 0 bridgehead atoms. The molecule has 0 spiro atoms. The molecule has 1 atom stereocenters. The lowest BCUT2D eigenvalue weighted by Crippen LogP contribution is -2.33. The van der Waals surface area contributed by atoms with Gasteiger partial charge in [-0.2, -0.15) is 5.10 Å². The first kappa shape index (κ1) is 14.0. The number of carbonyl (C=O) groups is 2. The SMILES string of the molecule is Cn1cc(C(NC(=O)c2ccc(Cl)nc2)C(=O)O)cn1. The number of aryl methyl sites for hydroxylation is 1. The minimum absolute atomic E-state index is 0.226. The summed E-state index contributed by atoms with van der Waals surface area (Å²) in [5.74, 6) is -1.72. The van der Waals surface area contributed by atoms with E-state index in [0.29, 0.717) is 5.56 Å². The first-order chi connectivity index (χ1) is 9.47. The quantitative estimate of drug-likeness (QED) is 0.821. The van der Waals surface area contributed by atoms with E-state index >= 15 is 0 Å². The van der Waals surface area contributed by atoms with Crippen molar-refractivity contribution in [3.63, 3.8) is 0 Å². The molecule has 1 amide bonds. The molecule has 0 saturated carbocycles. The summed E-state index contributed by atoms with van der Waals surface area (Å²) >= 11 is 5.62. The lowest BCUT2D eigenvalue weighted by Gasteiger charge is -2.12. The number of nitrogens with zero attached hydrogens (tertiary/aromatic N) is 3. The molecule has 1 unspecified atom stereocenters. The molecule has 0 aliphatic carbocycles. The molecule has 2 aromatic heterocycles. The summed E-state index contributed by atoms with van der Waals surface area (Å²) in [6, 6.07) is 1.75. The predicted octanol–water partition coefficient (Wildman–Crippen LogP) is 1.02. The smallest absolute Gasteiger partial charge is 0.331 e. The van der Waals surface area contributed by atoms with Crippen molar-refractivity contribution in [1.29, 1.82) is 0 Å². The Kier molecular flexibility index (Phi) is 3.99. The lowest BCUT2D eigenvalue weighted by atomic mass is 10.1. The second kappa shape index (κ2) is 5.70. The Balaban J connectivity index is 2.18. The van der Waals surface area contributed by atoms with Gasteiger partial charge in [-0.25, -0.2) is 9.78 Å². The number of hydrogen-bond acceptors (Lipinski definition) is 4. The van der Waals surface area contributed by atoms with E-state index in [-0.39, 0.29) is 10.7 Å². The van der Waals surface area contributed by atoms with Gasteiger partial charge >= 0.3 is 5.97 Å². The van der Waals surface area contributed by atoms with Gasteiger partial charge in [0.2, 0.25) is 0 Å². The number of carbonyl (C=O) groups excluding carboxylic acids is 1. The lowest BCUT2D eigenvalue weighted by molar-refractivity contribution is -0.139. The van der Waals surface area contributed by atoms with Gasteiger partial charge in [-0.05, 0) is 12.1 Å². The number of nitrogens with one attached hydrogen (secondary N) is 1. The summed E-state index contributed by atoms with van der Waals surface area (Å²) < 4.78 is 1.46. The third-order valence-electron chi connectivity index (χ3n) is 2.57. The zero-order valence-corrected chi connectivity index (χ0v) is 11.2. The zero-order chi connectivity index (χ0) is 14.7. The van der Waals surface area contributed by atoms with Crippen LogP contribution in [-0.2, 0) is 11.8 Å². The van der Waals surface area contributed by atoms with E-state index in [9.17, 15) is 14.7 Å². The monoisotopic (exact) mass is 294 g/mol. The summed E-state index contributed by atoms with van der Waals surface area (Å²) in [5, 5.41) is 15.7. The molecular weight excluding hydrogens is 284 g/mol. The first-order valence-corrected chi connectivity index (χ1v) is 5.99. The van der Waals surface area contributed by atoms with Crippen LogP contribution < -0.4 is 5.32 Å². The summed E-state index contributed by atoms with van der Waals surface area (Å²) in [6.45, 7) is 0. The van der Waals surface area contributed by atoms with Crippen LogP contribution in [0.5, 0.6) is 0 Å². The Morgan fingerprint density at radius 1 is 1.40 bits per heavy atom. The van der Waals surface area contributed by atoms with E-state index in [4.69, 9.17) is 11.6 Å². The highest BCUT2D eigenvalue weighted by atomic mass is 35.5. The third kappa shape index (κ3) is 3.12. The number of pyridine rings is 1. The molecule has 0 aliphatic heterocycles. The number of hydrogen-bond donors (Lipinski definition) is 2. The van der Waals surface area contributed by atoms with Gasteiger partial charge in [0.25, 0.3) is 5.91 Å². The molecule has 2 N–H and O–H groups in total. The zero-order valence-electron chi connectivity index (χ0n) is 10.4. The molecule has 0 fully saturated rings. The van der Waals surface area contributed by atoms with Gasteiger partial charge < -0.3 is 10.4 Å². The number of amides is 1. The van der Waals surface area contributed by atoms with Crippen LogP contribution in [0, 0.1) is 0 Å². The molecule has 2 heterocycles. The molecule has 7 nitrogen and oxygen atoms in total. The van der Waals surface area contributed by atoms with E-state index in [2.05, 4.69) is 15.4 Å². The molecular formula is C12H11ClN4O3. The van der Waals surface area contributed by atoms with Crippen molar-refractivity contribution in [2.45, 2.75) is 6.04 Å². The Morgan fingerprint density at radius 2 is 2.15 bits per heavy atom. The molecule has 0 aliphatic rings. The second-order valence-electron chi connectivity index (χ2n) is 4.06. The fourth-order valence-corrected chi connectivity index (χ4v) is 1.71. The van der Waals surface area contributed by atoms with Crippen LogP contribution in [0.4, 0.5) is 0 Å². The number of carboxylic acids is 1. The van der Waals surface area contributed by atoms with E-state index in [1.54, 1.807) is 7.05 Å². The van der Waals surface area contributed by atoms with Gasteiger partial charge in [0.1, 0.15) is 5.15 Å². The minimum Gasteiger partial charge on any atom is -0.479 e. The van der Waals surface area contributed by atoms with Crippen molar-refractivity contribution in [3.8, 4) is 0 Å². The van der Waals surface area contributed by atoms with Gasteiger partial charge in [-0.15, -0.1) is 0 Å². The maximum atomic E-state index is 12.0. The summed E-state index contributed by atoms with van der Waals surface area (Å²) in [4.78, 5) is 27.0. The van der Waals surface area contributed by atoms with Crippen LogP contribution in [-0.4, -0.2) is 31.7 Å². The molecule has 0 aromatic carbocycles. The number of rotatable bonds is 4. The van der Waals surface area contributed by atoms with E-state index < -0.39 is 17.9 Å².